The lowest BCUT2D eigenvalue weighted by Crippen LogP contribution is -2.39. The maximum absolute atomic E-state index is 11.2. The molecule has 1 amide bonds. The van der Waals surface area contributed by atoms with Gasteiger partial charge in [0, 0.05) is 18.2 Å². The van der Waals surface area contributed by atoms with Crippen LogP contribution in [0.5, 0.6) is 5.75 Å². The average Bonchev–Trinajstić information content (AvgIpc) is 2.68. The minimum atomic E-state index is -0.162. The van der Waals surface area contributed by atoms with Gasteiger partial charge in [-0.05, 0) is 74.4 Å². The van der Waals surface area contributed by atoms with Gasteiger partial charge in [0.15, 0.2) is 0 Å². The van der Waals surface area contributed by atoms with Crippen molar-refractivity contribution in [2.75, 3.05) is 25.0 Å². The summed E-state index contributed by atoms with van der Waals surface area (Å²) in [4.78, 5) is 13.6. The molecule has 3 rings (SSSR count). The van der Waals surface area contributed by atoms with Crippen LogP contribution in [0.15, 0.2) is 54.6 Å². The van der Waals surface area contributed by atoms with Crippen LogP contribution in [0.3, 0.4) is 0 Å². The smallest absolute Gasteiger partial charge is 0.266 e. The van der Waals surface area contributed by atoms with Crippen LogP contribution >= 0.6 is 12.2 Å². The topological polar surface area (TPSA) is 67.6 Å². The Kier molecular flexibility index (Phi) is 6.79. The minimum absolute atomic E-state index is 0.0472. The van der Waals surface area contributed by atoms with Gasteiger partial charge in [0.2, 0.25) is 5.91 Å². The second-order valence-corrected chi connectivity index (χ2v) is 7.16. The van der Waals surface area contributed by atoms with E-state index in [1.165, 1.54) is 5.56 Å². The molecule has 3 N–H and O–H groups in total. The van der Waals surface area contributed by atoms with Crippen molar-refractivity contribution in [2.45, 2.75) is 19.3 Å². The Morgan fingerprint density at radius 3 is 2.41 bits per heavy atom. The second-order valence-electron chi connectivity index (χ2n) is 6.79. The Hall–Kier alpha value is -2.44. The number of thiocarbonyl (C=S) groups is 1. The molecule has 2 aromatic rings. The van der Waals surface area contributed by atoms with Gasteiger partial charge in [-0.3, -0.25) is 4.79 Å². The van der Waals surface area contributed by atoms with Crippen LogP contribution in [-0.2, 0) is 11.2 Å². The maximum Gasteiger partial charge on any atom is 0.266 e. The third kappa shape index (κ3) is 6.05. The van der Waals surface area contributed by atoms with E-state index in [9.17, 15) is 4.79 Å². The summed E-state index contributed by atoms with van der Waals surface area (Å²) >= 11 is 5.24. The molecule has 1 aliphatic rings. The summed E-state index contributed by atoms with van der Waals surface area (Å²) in [6, 6.07) is 17.7. The van der Waals surface area contributed by atoms with Gasteiger partial charge in [-0.25, -0.2) is 0 Å². The number of likely N-dealkylation sites (tertiary alicyclic amines) is 1. The second kappa shape index (κ2) is 9.48. The fourth-order valence-corrected chi connectivity index (χ4v) is 3.44. The fraction of sp³-hybridized carbons (Fsp3) is 0.333. The number of carbonyl (C=O) groups excluding carboxylic acids is 1. The summed E-state index contributed by atoms with van der Waals surface area (Å²) in [6.07, 6.45) is 2.70. The van der Waals surface area contributed by atoms with Gasteiger partial charge in [-0.15, -0.1) is 0 Å². The number of nitrogens with two attached hydrogens (primary N) is 1. The summed E-state index contributed by atoms with van der Waals surface area (Å²) in [5, 5.41) is 3.38. The van der Waals surface area contributed by atoms with E-state index in [4.69, 9.17) is 22.7 Å². The molecule has 0 aliphatic carbocycles. The SMILES string of the molecule is NC(=O)C1CCN(CCc2ccc(OC(=S)Nc3ccccc3)cc2)CC1. The van der Waals surface area contributed by atoms with E-state index in [0.29, 0.717) is 5.17 Å². The van der Waals surface area contributed by atoms with E-state index >= 15 is 0 Å². The van der Waals surface area contributed by atoms with E-state index in [2.05, 4.69) is 22.3 Å². The van der Waals surface area contributed by atoms with Crippen molar-refractivity contribution in [1.29, 1.82) is 0 Å². The molecule has 2 aromatic carbocycles. The molecule has 0 spiro atoms. The molecule has 0 unspecified atom stereocenters. The van der Waals surface area contributed by atoms with Crippen LogP contribution < -0.4 is 15.8 Å². The molecule has 0 saturated carbocycles. The van der Waals surface area contributed by atoms with Crippen LogP contribution in [0.2, 0.25) is 0 Å². The third-order valence-corrected chi connectivity index (χ3v) is 5.05. The number of anilines is 1. The van der Waals surface area contributed by atoms with Crippen LogP contribution in [-0.4, -0.2) is 35.6 Å². The first-order chi connectivity index (χ1) is 13.1. The van der Waals surface area contributed by atoms with Crippen molar-refractivity contribution in [2.24, 2.45) is 11.7 Å². The first kappa shape index (κ1) is 19.3. The van der Waals surface area contributed by atoms with Gasteiger partial charge in [0.25, 0.3) is 5.17 Å². The molecule has 1 heterocycles. The Morgan fingerprint density at radius 1 is 1.11 bits per heavy atom. The molecule has 142 valence electrons. The zero-order valence-electron chi connectivity index (χ0n) is 15.3. The number of hydrogen-bond acceptors (Lipinski definition) is 4. The maximum atomic E-state index is 11.2. The highest BCUT2D eigenvalue weighted by Gasteiger charge is 2.22. The first-order valence-corrected chi connectivity index (χ1v) is 9.65. The van der Waals surface area contributed by atoms with E-state index in [1.54, 1.807) is 0 Å². The highest BCUT2D eigenvalue weighted by atomic mass is 32.1. The predicted molar refractivity (Wildman–Crippen MR) is 112 cm³/mol. The van der Waals surface area contributed by atoms with Crippen molar-refractivity contribution in [3.63, 3.8) is 0 Å². The molecule has 0 radical (unpaired) electrons. The first-order valence-electron chi connectivity index (χ1n) is 9.24. The number of ether oxygens (including phenoxy) is 1. The van der Waals surface area contributed by atoms with Crippen LogP contribution in [0.4, 0.5) is 5.69 Å². The molecule has 5 nitrogen and oxygen atoms in total. The molecular formula is C21H25N3O2S. The minimum Gasteiger partial charge on any atom is -0.432 e. The Morgan fingerprint density at radius 2 is 1.78 bits per heavy atom. The largest absolute Gasteiger partial charge is 0.432 e. The quantitative estimate of drug-likeness (QED) is 0.750. The summed E-state index contributed by atoms with van der Waals surface area (Å²) in [5.41, 5.74) is 7.54. The van der Waals surface area contributed by atoms with Crippen molar-refractivity contribution >= 4 is 29.0 Å². The molecule has 27 heavy (non-hydrogen) atoms. The summed E-state index contributed by atoms with van der Waals surface area (Å²) in [7, 11) is 0. The molecule has 1 fully saturated rings. The lowest BCUT2D eigenvalue weighted by molar-refractivity contribution is -0.123. The molecule has 1 aliphatic heterocycles. The van der Waals surface area contributed by atoms with E-state index in [0.717, 1.165) is 50.3 Å². The monoisotopic (exact) mass is 383 g/mol. The van der Waals surface area contributed by atoms with Crippen molar-refractivity contribution in [3.05, 3.63) is 60.2 Å². The number of para-hydroxylation sites is 1. The standard InChI is InChI=1S/C21H25N3O2S/c22-20(25)17-11-14-24(15-12-17)13-10-16-6-8-19(9-7-16)26-21(27)23-18-4-2-1-3-5-18/h1-9,17H,10-15H2,(H2,22,25)(H,23,27). The van der Waals surface area contributed by atoms with Gasteiger partial charge in [0.05, 0.1) is 0 Å². The highest BCUT2D eigenvalue weighted by Crippen LogP contribution is 2.18. The average molecular weight is 384 g/mol. The number of benzene rings is 2. The van der Waals surface area contributed by atoms with Crippen LogP contribution in [0.1, 0.15) is 18.4 Å². The molecule has 0 bridgehead atoms. The lowest BCUT2D eigenvalue weighted by atomic mass is 9.96. The summed E-state index contributed by atoms with van der Waals surface area (Å²) < 4.78 is 5.67. The van der Waals surface area contributed by atoms with Crippen LogP contribution in [0.25, 0.3) is 0 Å². The highest BCUT2D eigenvalue weighted by molar-refractivity contribution is 7.80. The zero-order valence-corrected chi connectivity index (χ0v) is 16.1. The van der Waals surface area contributed by atoms with Crippen LogP contribution in [0, 0.1) is 5.92 Å². The van der Waals surface area contributed by atoms with Crippen molar-refractivity contribution < 1.29 is 9.53 Å². The van der Waals surface area contributed by atoms with Crippen molar-refractivity contribution in [1.82, 2.24) is 4.90 Å². The number of hydrogen-bond donors (Lipinski definition) is 2. The predicted octanol–water partition coefficient (Wildman–Crippen LogP) is 3.20. The third-order valence-electron chi connectivity index (χ3n) is 4.86. The number of carbonyl (C=O) groups is 1. The number of rotatable bonds is 6. The number of nitrogens with one attached hydrogen (secondary N) is 1. The van der Waals surface area contributed by atoms with E-state index < -0.39 is 0 Å². The Bertz CT molecular complexity index is 757. The zero-order chi connectivity index (χ0) is 19.1. The molecule has 0 atom stereocenters. The lowest BCUT2D eigenvalue weighted by Gasteiger charge is -2.30. The number of nitrogens with zero attached hydrogens (tertiary/aromatic N) is 1. The van der Waals surface area contributed by atoms with Gasteiger partial charge in [-0.2, -0.15) is 0 Å². The van der Waals surface area contributed by atoms with Gasteiger partial charge >= 0.3 is 0 Å². The van der Waals surface area contributed by atoms with Gasteiger partial charge in [0.1, 0.15) is 5.75 Å². The normalized spacial score (nSPS) is 15.3. The summed E-state index contributed by atoms with van der Waals surface area (Å²) in [5.74, 6) is 0.602. The fourth-order valence-electron chi connectivity index (χ4n) is 3.22. The summed E-state index contributed by atoms with van der Waals surface area (Å²) in [6.45, 7) is 2.86. The van der Waals surface area contributed by atoms with Crippen molar-refractivity contribution in [3.8, 4) is 5.75 Å². The van der Waals surface area contributed by atoms with E-state index in [1.807, 2.05) is 42.5 Å². The number of piperidine rings is 1. The van der Waals surface area contributed by atoms with E-state index in [-0.39, 0.29) is 11.8 Å². The molecule has 0 aromatic heterocycles. The molecular weight excluding hydrogens is 358 g/mol. The van der Waals surface area contributed by atoms with Gasteiger partial charge < -0.3 is 20.7 Å². The molecule has 1 saturated heterocycles. The number of primary amides is 1. The molecule has 6 heteroatoms. The van der Waals surface area contributed by atoms with Gasteiger partial charge in [-0.1, -0.05) is 30.3 Å². The Labute approximate surface area is 165 Å². The Balaban J connectivity index is 1.42. The number of amides is 1.